The van der Waals surface area contributed by atoms with Crippen molar-refractivity contribution >= 4 is 39.9 Å². The van der Waals surface area contributed by atoms with Gasteiger partial charge in [0.2, 0.25) is 21.8 Å². The molecule has 3 aliphatic heterocycles. The Labute approximate surface area is 310 Å². The summed E-state index contributed by atoms with van der Waals surface area (Å²) in [6.45, 7) is 7.88. The first-order chi connectivity index (χ1) is 25.0. The predicted octanol–water partition coefficient (Wildman–Crippen LogP) is 3.45. The van der Waals surface area contributed by atoms with Crippen LogP contribution in [0.15, 0.2) is 30.4 Å². The SMILES string of the molecule is CCN(C(=O)N[C@H]1CCCCC/C=C\[C@@H]2C[C@@]2(C(=O)NS(=O)(=O)C2CC2)NC(=O)[C@@H]2C[C@@H](OC(=O)N3Cc4cccc(F)c4C3)CN2C1=O)C(C)(C)C. The van der Waals surface area contributed by atoms with E-state index < -0.39 is 86.1 Å². The lowest BCUT2D eigenvalue weighted by Crippen LogP contribution is -2.59. The Morgan fingerprint density at radius 2 is 1.85 bits per heavy atom. The van der Waals surface area contributed by atoms with Crippen LogP contribution in [0, 0.1) is 11.7 Å². The van der Waals surface area contributed by atoms with E-state index >= 15 is 0 Å². The summed E-state index contributed by atoms with van der Waals surface area (Å²) >= 11 is 0. The number of allylic oxidation sites excluding steroid dienone is 1. The molecule has 1 aromatic carbocycles. The van der Waals surface area contributed by atoms with Crippen molar-refractivity contribution in [2.24, 2.45) is 5.92 Å². The van der Waals surface area contributed by atoms with Gasteiger partial charge in [0, 0.05) is 36.5 Å². The highest BCUT2D eigenvalue weighted by molar-refractivity contribution is 7.91. The second kappa shape index (κ2) is 14.9. The molecule has 0 unspecified atom stereocenters. The molecule has 2 saturated carbocycles. The van der Waals surface area contributed by atoms with E-state index in [0.29, 0.717) is 49.8 Å². The zero-order valence-corrected chi connectivity index (χ0v) is 31.7. The molecule has 1 saturated heterocycles. The number of urea groups is 1. The molecule has 290 valence electrons. The number of fused-ring (bicyclic) bond motifs is 3. The molecule has 6 rings (SSSR count). The number of sulfonamides is 1. The van der Waals surface area contributed by atoms with E-state index in [2.05, 4.69) is 15.4 Å². The number of halogens is 1. The highest BCUT2D eigenvalue weighted by Gasteiger charge is 2.62. The van der Waals surface area contributed by atoms with Crippen molar-refractivity contribution in [3.05, 3.63) is 47.3 Å². The molecule has 6 amide bonds. The molecule has 3 fully saturated rings. The van der Waals surface area contributed by atoms with Crippen molar-refractivity contribution in [2.45, 2.75) is 133 Å². The van der Waals surface area contributed by atoms with Crippen molar-refractivity contribution in [2.75, 3.05) is 13.1 Å². The lowest BCUT2D eigenvalue weighted by molar-refractivity contribution is -0.141. The fraction of sp³-hybridized carbons (Fsp3) is 0.649. The topological polar surface area (TPSA) is 175 Å². The van der Waals surface area contributed by atoms with E-state index in [1.54, 1.807) is 17.0 Å². The Morgan fingerprint density at radius 1 is 1.09 bits per heavy atom. The minimum atomic E-state index is -3.92. The molecule has 3 heterocycles. The summed E-state index contributed by atoms with van der Waals surface area (Å²) in [5.41, 5.74) is -1.03. The van der Waals surface area contributed by atoms with Crippen molar-refractivity contribution in [1.29, 1.82) is 0 Å². The number of rotatable bonds is 6. The van der Waals surface area contributed by atoms with E-state index in [-0.39, 0.29) is 32.5 Å². The third-order valence-corrected chi connectivity index (χ3v) is 12.8. The van der Waals surface area contributed by atoms with E-state index in [1.807, 2.05) is 39.8 Å². The quantitative estimate of drug-likeness (QED) is 0.370. The molecule has 14 nitrogen and oxygen atoms in total. The van der Waals surface area contributed by atoms with Crippen LogP contribution in [0.4, 0.5) is 14.0 Å². The molecule has 0 aromatic heterocycles. The van der Waals surface area contributed by atoms with Crippen LogP contribution in [0.1, 0.15) is 96.6 Å². The van der Waals surface area contributed by atoms with Gasteiger partial charge in [0.05, 0.1) is 18.3 Å². The Balaban J connectivity index is 1.27. The Bertz CT molecular complexity index is 1780. The lowest BCUT2D eigenvalue weighted by Gasteiger charge is -2.36. The van der Waals surface area contributed by atoms with Gasteiger partial charge in [-0.1, -0.05) is 37.1 Å². The van der Waals surface area contributed by atoms with Gasteiger partial charge in [0.15, 0.2) is 0 Å². The monoisotopic (exact) mass is 758 g/mol. The number of carbonyl (C=O) groups excluding carboxylic acids is 5. The van der Waals surface area contributed by atoms with Crippen LogP contribution in [0.2, 0.25) is 0 Å². The van der Waals surface area contributed by atoms with Crippen LogP contribution in [-0.2, 0) is 42.2 Å². The molecule has 0 spiro atoms. The van der Waals surface area contributed by atoms with Crippen LogP contribution < -0.4 is 15.4 Å². The van der Waals surface area contributed by atoms with E-state index in [1.165, 1.54) is 15.9 Å². The number of nitrogens with one attached hydrogen (secondary N) is 3. The third-order valence-electron chi connectivity index (χ3n) is 11.0. The number of hydrogen-bond donors (Lipinski definition) is 3. The van der Waals surface area contributed by atoms with E-state index in [0.717, 1.165) is 12.8 Å². The first kappa shape index (κ1) is 38.5. The van der Waals surface area contributed by atoms with Gasteiger partial charge in [-0.2, -0.15) is 0 Å². The Kier molecular flexibility index (Phi) is 10.8. The van der Waals surface area contributed by atoms with Gasteiger partial charge >= 0.3 is 12.1 Å². The summed E-state index contributed by atoms with van der Waals surface area (Å²) in [7, 11) is -3.92. The van der Waals surface area contributed by atoms with Gasteiger partial charge in [-0.3, -0.25) is 24.0 Å². The maximum absolute atomic E-state index is 14.5. The van der Waals surface area contributed by atoms with Crippen LogP contribution in [0.5, 0.6) is 0 Å². The summed E-state index contributed by atoms with van der Waals surface area (Å²) < 4.78 is 48.1. The number of amides is 6. The Hall–Kier alpha value is -4.21. The van der Waals surface area contributed by atoms with Gasteiger partial charge in [-0.25, -0.2) is 22.4 Å². The average molecular weight is 759 g/mol. The largest absolute Gasteiger partial charge is 0.444 e. The number of nitrogens with zero attached hydrogens (tertiary/aromatic N) is 3. The highest BCUT2D eigenvalue weighted by atomic mass is 32.2. The maximum atomic E-state index is 14.5. The van der Waals surface area contributed by atoms with Gasteiger partial charge in [0.1, 0.15) is 29.5 Å². The summed E-state index contributed by atoms with van der Waals surface area (Å²) in [4.78, 5) is 73.7. The molecule has 53 heavy (non-hydrogen) atoms. The van der Waals surface area contributed by atoms with E-state index in [4.69, 9.17) is 4.74 Å². The molecular weight excluding hydrogens is 708 g/mol. The summed E-state index contributed by atoms with van der Waals surface area (Å²) in [6, 6.07) is 1.98. The van der Waals surface area contributed by atoms with Crippen LogP contribution in [0.3, 0.4) is 0 Å². The molecule has 1 aromatic rings. The summed E-state index contributed by atoms with van der Waals surface area (Å²) in [6.07, 6.45) is 6.15. The highest BCUT2D eigenvalue weighted by Crippen LogP contribution is 2.46. The fourth-order valence-corrected chi connectivity index (χ4v) is 9.09. The number of ether oxygens (including phenoxy) is 1. The molecule has 2 aliphatic carbocycles. The van der Waals surface area contributed by atoms with E-state index in [9.17, 15) is 36.8 Å². The average Bonchev–Trinajstić information content (AvgIpc) is 3.97. The molecule has 0 radical (unpaired) electrons. The first-order valence-electron chi connectivity index (χ1n) is 18.7. The van der Waals surface area contributed by atoms with Gasteiger partial charge in [0.25, 0.3) is 5.91 Å². The predicted molar refractivity (Wildman–Crippen MR) is 192 cm³/mol. The van der Waals surface area contributed by atoms with Gasteiger partial charge in [-0.05, 0) is 77.8 Å². The normalized spacial score (nSPS) is 28.3. The first-order valence-corrected chi connectivity index (χ1v) is 20.2. The minimum Gasteiger partial charge on any atom is -0.444 e. The minimum absolute atomic E-state index is 0.00618. The lowest BCUT2D eigenvalue weighted by atomic mass is 10.0. The van der Waals surface area contributed by atoms with Gasteiger partial charge < -0.3 is 25.2 Å². The summed E-state index contributed by atoms with van der Waals surface area (Å²) in [5, 5.41) is 5.07. The Morgan fingerprint density at radius 3 is 2.53 bits per heavy atom. The number of hydrogen-bond acceptors (Lipinski definition) is 8. The molecule has 0 bridgehead atoms. The van der Waals surface area contributed by atoms with Crippen LogP contribution in [-0.4, -0.2) is 101 Å². The van der Waals surface area contributed by atoms with Crippen LogP contribution >= 0.6 is 0 Å². The molecule has 3 N–H and O–H groups in total. The number of carbonyl (C=O) groups is 5. The second-order valence-electron chi connectivity index (χ2n) is 15.9. The van der Waals surface area contributed by atoms with Crippen molar-refractivity contribution in [3.8, 4) is 0 Å². The molecule has 5 aliphatic rings. The third kappa shape index (κ3) is 8.31. The maximum Gasteiger partial charge on any atom is 0.410 e. The van der Waals surface area contributed by atoms with Crippen molar-refractivity contribution in [3.63, 3.8) is 0 Å². The molecular formula is C37H51FN6O8S. The van der Waals surface area contributed by atoms with Crippen molar-refractivity contribution < 1.29 is 41.5 Å². The zero-order valence-electron chi connectivity index (χ0n) is 30.9. The molecule has 16 heteroatoms. The second-order valence-corrected chi connectivity index (χ2v) is 17.9. The van der Waals surface area contributed by atoms with Crippen molar-refractivity contribution in [1.82, 2.24) is 30.1 Å². The smallest absolute Gasteiger partial charge is 0.410 e. The fourth-order valence-electron chi connectivity index (χ4n) is 7.72. The van der Waals surface area contributed by atoms with Crippen LogP contribution in [0.25, 0.3) is 0 Å². The number of benzene rings is 1. The summed E-state index contributed by atoms with van der Waals surface area (Å²) in [5.74, 6) is -2.96. The zero-order chi connectivity index (χ0) is 38.3. The van der Waals surface area contributed by atoms with Gasteiger partial charge in [-0.15, -0.1) is 0 Å². The standard InChI is InChI=1S/C37H51FN6O8S/c1-5-44(36(2,3)4)34(48)39-29-15-10-8-6-7-9-13-24-19-37(24,33(47)41-53(50,51)26-16-17-26)40-31(45)30-18-25(21-43(30)32(29)46)52-35(49)42-20-23-12-11-14-28(38)27(23)22-42/h9,11-14,24-26,29-30H,5-8,10,15-22H2,1-4H3,(H,39,48)(H,40,45)(H,41,47)/b13-9-/t24-,25-,29+,30+,37-/m1/s1. The molecule has 5 atom stereocenters.